The molecule has 0 aromatic carbocycles. The fourth-order valence-corrected chi connectivity index (χ4v) is 0. The van der Waals surface area contributed by atoms with Crippen molar-refractivity contribution in [1.82, 2.24) is 0 Å². The summed E-state index contributed by atoms with van der Waals surface area (Å²) in [7, 11) is 0. The van der Waals surface area contributed by atoms with E-state index in [0.29, 0.717) is 0 Å². The molecule has 6 nitrogen and oxygen atoms in total. The van der Waals surface area contributed by atoms with Gasteiger partial charge in [-0.15, -0.1) is 0 Å². The van der Waals surface area contributed by atoms with Crippen LogP contribution in [0.3, 0.4) is 0 Å². The van der Waals surface area contributed by atoms with Gasteiger partial charge in [-0.25, -0.2) is 0 Å². The van der Waals surface area contributed by atoms with Gasteiger partial charge in [-0.1, -0.05) is 0 Å². The van der Waals surface area contributed by atoms with Crippen molar-refractivity contribution in [3.63, 3.8) is 0 Å². The van der Waals surface area contributed by atoms with Gasteiger partial charge in [0.2, 0.25) is 0 Å². The van der Waals surface area contributed by atoms with E-state index in [2.05, 4.69) is 0 Å². The minimum absolute atomic E-state index is 0. The molecular formula is H4NNiO5+. The molecule has 0 radical (unpaired) electrons. The van der Waals surface area contributed by atoms with Crippen LogP contribution in [0.1, 0.15) is 0 Å². The first kappa shape index (κ1) is 30.5. The first-order valence-electron chi connectivity index (χ1n) is 0.548. The average molecular weight is 157 g/mol. The van der Waals surface area contributed by atoms with Crippen molar-refractivity contribution in [2.45, 2.75) is 0 Å². The van der Waals surface area contributed by atoms with Crippen molar-refractivity contribution in [1.29, 1.82) is 0 Å². The predicted molar refractivity (Wildman–Crippen MR) is 17.6 cm³/mol. The summed E-state index contributed by atoms with van der Waals surface area (Å²) >= 11 is 0. The molecule has 0 fully saturated rings. The van der Waals surface area contributed by atoms with E-state index >= 15 is 0 Å². The Hall–Kier alpha value is -0.386. The Morgan fingerprint density at radius 2 is 1.14 bits per heavy atom. The molecule has 0 saturated carbocycles. The normalized spacial score (nSPS) is 3.43. The number of nitrogens with zero attached hydrogens (tertiary/aromatic N) is 1. The van der Waals surface area contributed by atoms with Crippen LogP contribution in [0, 0.1) is 15.3 Å². The van der Waals surface area contributed by atoms with Gasteiger partial charge in [-0.05, 0) is 0 Å². The van der Waals surface area contributed by atoms with Gasteiger partial charge in [0.05, 0.1) is 5.09 Å². The van der Waals surface area contributed by atoms with Gasteiger partial charge in [0.15, 0.2) is 0 Å². The smallest absolute Gasteiger partial charge is 0.412 e. The molecule has 0 atom stereocenters. The Bertz CT molecular complexity index is 31.1. The van der Waals surface area contributed by atoms with Crippen LogP contribution >= 0.6 is 0 Å². The van der Waals surface area contributed by atoms with E-state index in [1.165, 1.54) is 0 Å². The summed E-state index contributed by atoms with van der Waals surface area (Å²) in [4.78, 5) is 8.25. The van der Waals surface area contributed by atoms with E-state index in [0.717, 1.165) is 0 Å². The maximum Gasteiger partial charge on any atom is 2.00 e. The molecule has 0 spiro atoms. The molecule has 0 saturated heterocycles. The molecule has 0 rings (SSSR count). The number of hydrogen-bond donors (Lipinski definition) is 0. The molecule has 0 aliphatic heterocycles. The second-order valence-corrected chi connectivity index (χ2v) is 0.224. The van der Waals surface area contributed by atoms with Gasteiger partial charge < -0.3 is 26.3 Å². The summed E-state index contributed by atoms with van der Waals surface area (Å²) in [5.41, 5.74) is 0. The molecule has 4 N–H and O–H groups in total. The summed E-state index contributed by atoms with van der Waals surface area (Å²) in [5.74, 6) is 0. The molecule has 0 bridgehead atoms. The molecule has 0 aliphatic carbocycles. The Morgan fingerprint density at radius 1 is 1.14 bits per heavy atom. The summed E-state index contributed by atoms with van der Waals surface area (Å²) in [6.07, 6.45) is 0. The van der Waals surface area contributed by atoms with Crippen molar-refractivity contribution >= 4 is 0 Å². The van der Waals surface area contributed by atoms with Gasteiger partial charge in [-0.3, -0.25) is 0 Å². The molecule has 0 amide bonds. The maximum absolute atomic E-state index is 8.25. The van der Waals surface area contributed by atoms with E-state index in [1.54, 1.807) is 0 Å². The number of hydrogen-bond acceptors (Lipinski definition) is 3. The van der Waals surface area contributed by atoms with Crippen LogP contribution in [0.4, 0.5) is 0 Å². The van der Waals surface area contributed by atoms with Crippen LogP contribution in [0.2, 0.25) is 0 Å². The molecule has 7 heteroatoms. The SMILES string of the molecule is O.O.O=[N+]([O-])[O-].[Ni+2]. The maximum atomic E-state index is 8.25. The third-order valence-electron chi connectivity index (χ3n) is 0. The van der Waals surface area contributed by atoms with Gasteiger partial charge in [0.25, 0.3) is 0 Å². The zero-order valence-electron chi connectivity index (χ0n) is 2.99. The van der Waals surface area contributed by atoms with Crippen molar-refractivity contribution in [3.8, 4) is 0 Å². The van der Waals surface area contributed by atoms with Gasteiger partial charge >= 0.3 is 16.5 Å². The quantitative estimate of drug-likeness (QED) is 0.231. The minimum atomic E-state index is -1.75. The Balaban J connectivity index is -0.0000000150. The van der Waals surface area contributed by atoms with Crippen LogP contribution < -0.4 is 0 Å². The third-order valence-corrected chi connectivity index (χ3v) is 0. The first-order valence-corrected chi connectivity index (χ1v) is 0.548. The average Bonchev–Trinajstić information content (AvgIpc) is 0.811. The Labute approximate surface area is 48.8 Å². The van der Waals surface area contributed by atoms with E-state index < -0.39 is 5.09 Å². The molecule has 0 unspecified atom stereocenters. The summed E-state index contributed by atoms with van der Waals surface area (Å²) in [6.45, 7) is 0. The summed E-state index contributed by atoms with van der Waals surface area (Å²) in [6, 6.07) is 0. The van der Waals surface area contributed by atoms with E-state index in [9.17, 15) is 0 Å². The predicted octanol–water partition coefficient (Wildman–Crippen LogP) is -1.89. The van der Waals surface area contributed by atoms with Crippen molar-refractivity contribution < 1.29 is 32.5 Å². The van der Waals surface area contributed by atoms with Crippen LogP contribution in [0.15, 0.2) is 0 Å². The second-order valence-electron chi connectivity index (χ2n) is 0.224. The van der Waals surface area contributed by atoms with Crippen LogP contribution in [0.5, 0.6) is 0 Å². The molecule has 0 aliphatic rings. The van der Waals surface area contributed by atoms with E-state index in [1.807, 2.05) is 0 Å². The van der Waals surface area contributed by atoms with Crippen molar-refractivity contribution in [2.24, 2.45) is 0 Å². The molecule has 48 valence electrons. The fraction of sp³-hybridized carbons (Fsp3) is 0. The first-order chi connectivity index (χ1) is 1.73. The van der Waals surface area contributed by atoms with E-state index in [4.69, 9.17) is 15.3 Å². The van der Waals surface area contributed by atoms with Crippen LogP contribution in [-0.2, 0) is 16.5 Å². The molecule has 0 aromatic rings. The Morgan fingerprint density at radius 3 is 1.14 bits per heavy atom. The van der Waals surface area contributed by atoms with Gasteiger partial charge in [0, 0.05) is 0 Å². The second kappa shape index (κ2) is 17.5. The van der Waals surface area contributed by atoms with Gasteiger partial charge in [0.1, 0.15) is 0 Å². The van der Waals surface area contributed by atoms with Crippen LogP contribution in [0.25, 0.3) is 0 Å². The minimum Gasteiger partial charge on any atom is -0.412 e. The Kier molecular flexibility index (Phi) is 76.2. The third kappa shape index (κ3) is 491. The van der Waals surface area contributed by atoms with Crippen LogP contribution in [-0.4, -0.2) is 16.0 Å². The fourth-order valence-electron chi connectivity index (χ4n) is 0. The largest absolute Gasteiger partial charge is 2.00 e. The van der Waals surface area contributed by atoms with Crippen molar-refractivity contribution in [2.75, 3.05) is 0 Å². The van der Waals surface area contributed by atoms with Gasteiger partial charge in [-0.2, -0.15) is 0 Å². The molecule has 0 heterocycles. The monoisotopic (exact) mass is 156 g/mol. The molecule has 0 aromatic heterocycles. The zero-order chi connectivity index (χ0) is 3.58. The standard InChI is InChI=1S/NO3.Ni.2H2O/c2-1(3)4;;;/h;;2*1H2/q-1;+2;;. The zero-order valence-corrected chi connectivity index (χ0v) is 3.98. The number of rotatable bonds is 0. The van der Waals surface area contributed by atoms with Crippen molar-refractivity contribution in [3.05, 3.63) is 15.3 Å². The van der Waals surface area contributed by atoms with E-state index in [-0.39, 0.29) is 27.4 Å². The molecular weight excluding hydrogens is 153 g/mol. The topological polar surface area (TPSA) is 129 Å². The summed E-state index contributed by atoms with van der Waals surface area (Å²) in [5, 5.41) is 14.8. The molecule has 7 heavy (non-hydrogen) atoms. The summed E-state index contributed by atoms with van der Waals surface area (Å²) < 4.78 is 0.